The summed E-state index contributed by atoms with van der Waals surface area (Å²) in [6.45, 7) is 0. The van der Waals surface area contributed by atoms with E-state index in [2.05, 4.69) is 25.6 Å². The summed E-state index contributed by atoms with van der Waals surface area (Å²) in [4.78, 5) is 22.6. The highest BCUT2D eigenvalue weighted by molar-refractivity contribution is 7.50. The van der Waals surface area contributed by atoms with E-state index in [0.29, 0.717) is 22.2 Å². The average molecular weight is 329 g/mol. The molecule has 0 fully saturated rings. The number of aromatic amines is 1. The number of hydrogen-bond donors (Lipinski definition) is 3. The summed E-state index contributed by atoms with van der Waals surface area (Å²) in [7, 11) is -4.24. The SMILES string of the molecule is O=P(O)(O)Cc1nc2cc(Cl)ccn2c1Cc1nn[nH]n1. The van der Waals surface area contributed by atoms with E-state index in [9.17, 15) is 14.4 Å². The molecular formula is C10H10ClN6O3P. The first-order valence-corrected chi connectivity index (χ1v) is 8.02. The van der Waals surface area contributed by atoms with E-state index in [1.807, 2.05) is 0 Å². The van der Waals surface area contributed by atoms with Gasteiger partial charge in [-0.2, -0.15) is 5.21 Å². The third-order valence-corrected chi connectivity index (χ3v) is 3.79. The van der Waals surface area contributed by atoms with Gasteiger partial charge in [0.05, 0.1) is 24.0 Å². The Morgan fingerprint density at radius 2 is 2.24 bits per heavy atom. The van der Waals surface area contributed by atoms with Crippen LogP contribution in [0.1, 0.15) is 17.2 Å². The molecule has 110 valence electrons. The van der Waals surface area contributed by atoms with Crippen molar-refractivity contribution in [1.82, 2.24) is 30.0 Å². The zero-order chi connectivity index (χ0) is 15.0. The van der Waals surface area contributed by atoms with Gasteiger partial charge in [-0.05, 0) is 6.07 Å². The molecular weight excluding hydrogens is 319 g/mol. The van der Waals surface area contributed by atoms with Gasteiger partial charge < -0.3 is 14.2 Å². The molecule has 0 aromatic carbocycles. The van der Waals surface area contributed by atoms with E-state index >= 15 is 0 Å². The Bertz CT molecular complexity index is 827. The summed E-state index contributed by atoms with van der Waals surface area (Å²) in [5.41, 5.74) is 1.38. The van der Waals surface area contributed by atoms with Gasteiger partial charge in [-0.3, -0.25) is 4.57 Å². The lowest BCUT2D eigenvalue weighted by molar-refractivity contribution is 0.371. The summed E-state index contributed by atoms with van der Waals surface area (Å²) in [5.74, 6) is 0.402. The lowest BCUT2D eigenvalue weighted by atomic mass is 10.2. The Labute approximate surface area is 123 Å². The number of pyridine rings is 1. The summed E-state index contributed by atoms with van der Waals surface area (Å²) < 4.78 is 13.0. The first-order chi connectivity index (χ1) is 9.92. The molecule has 0 bridgehead atoms. The lowest BCUT2D eigenvalue weighted by Crippen LogP contribution is -2.01. The van der Waals surface area contributed by atoms with Gasteiger partial charge in [-0.25, -0.2) is 4.98 Å². The van der Waals surface area contributed by atoms with E-state index in [1.165, 1.54) is 0 Å². The second-order valence-electron chi connectivity index (χ2n) is 4.41. The van der Waals surface area contributed by atoms with Crippen molar-refractivity contribution in [2.24, 2.45) is 0 Å². The number of nitrogens with zero attached hydrogens (tertiary/aromatic N) is 5. The second-order valence-corrected chi connectivity index (χ2v) is 6.49. The van der Waals surface area contributed by atoms with Crippen molar-refractivity contribution in [3.8, 4) is 0 Å². The molecule has 0 aliphatic carbocycles. The number of H-pyrrole nitrogens is 1. The summed E-state index contributed by atoms with van der Waals surface area (Å²) in [6.07, 6.45) is 1.47. The van der Waals surface area contributed by atoms with Gasteiger partial charge >= 0.3 is 7.60 Å². The zero-order valence-corrected chi connectivity index (χ0v) is 12.2. The molecule has 0 radical (unpaired) electrons. The maximum Gasteiger partial charge on any atom is 0.331 e. The number of fused-ring (bicyclic) bond motifs is 1. The van der Waals surface area contributed by atoms with E-state index in [1.54, 1.807) is 22.7 Å². The normalized spacial score (nSPS) is 12.1. The molecule has 0 unspecified atom stereocenters. The van der Waals surface area contributed by atoms with E-state index in [-0.39, 0.29) is 12.1 Å². The molecule has 0 spiro atoms. The highest BCUT2D eigenvalue weighted by Gasteiger charge is 2.22. The minimum absolute atomic E-state index is 0.245. The maximum atomic E-state index is 11.3. The highest BCUT2D eigenvalue weighted by Crippen LogP contribution is 2.40. The van der Waals surface area contributed by atoms with Gasteiger partial charge in [-0.1, -0.05) is 16.8 Å². The topological polar surface area (TPSA) is 129 Å². The fourth-order valence-corrected chi connectivity index (χ4v) is 2.83. The van der Waals surface area contributed by atoms with Gasteiger partial charge in [0.25, 0.3) is 0 Å². The smallest absolute Gasteiger partial charge is 0.324 e. The van der Waals surface area contributed by atoms with Crippen LogP contribution in [-0.4, -0.2) is 39.8 Å². The Hall–Kier alpha value is -1.80. The van der Waals surface area contributed by atoms with Crippen LogP contribution in [0.25, 0.3) is 5.65 Å². The van der Waals surface area contributed by atoms with Crippen LogP contribution >= 0.6 is 19.2 Å². The average Bonchev–Trinajstić information content (AvgIpc) is 2.97. The quantitative estimate of drug-likeness (QED) is 0.603. The summed E-state index contributed by atoms with van der Waals surface area (Å²) in [6, 6.07) is 3.28. The predicted molar refractivity (Wildman–Crippen MR) is 72.9 cm³/mol. The first-order valence-electron chi connectivity index (χ1n) is 5.84. The minimum atomic E-state index is -4.24. The number of tetrazole rings is 1. The molecule has 3 aromatic heterocycles. The fraction of sp³-hybridized carbons (Fsp3) is 0.200. The van der Waals surface area contributed by atoms with Crippen molar-refractivity contribution < 1.29 is 14.4 Å². The standard InChI is InChI=1S/C10H10ClN6O3P/c11-6-1-2-17-8(4-9-13-15-16-14-9)7(5-21(18,19)20)12-10(17)3-6/h1-3H,4-5H2,(H2,18,19,20)(H,13,14,15,16). The number of hydrogen-bond acceptors (Lipinski definition) is 5. The van der Waals surface area contributed by atoms with Crippen LogP contribution in [0.4, 0.5) is 0 Å². The summed E-state index contributed by atoms with van der Waals surface area (Å²) in [5, 5.41) is 14.0. The van der Waals surface area contributed by atoms with Crippen LogP contribution in [-0.2, 0) is 17.1 Å². The van der Waals surface area contributed by atoms with Crippen LogP contribution in [0.3, 0.4) is 0 Å². The van der Waals surface area contributed by atoms with Gasteiger partial charge in [0.1, 0.15) is 5.65 Å². The van der Waals surface area contributed by atoms with Gasteiger partial charge in [0.2, 0.25) is 0 Å². The van der Waals surface area contributed by atoms with Crippen molar-refractivity contribution in [3.05, 3.63) is 40.6 Å². The second kappa shape index (κ2) is 5.19. The zero-order valence-electron chi connectivity index (χ0n) is 10.5. The first kappa shape index (κ1) is 14.2. The van der Waals surface area contributed by atoms with Crippen molar-refractivity contribution in [1.29, 1.82) is 0 Å². The van der Waals surface area contributed by atoms with E-state index < -0.39 is 13.8 Å². The van der Waals surface area contributed by atoms with Gasteiger partial charge in [-0.15, -0.1) is 10.2 Å². The molecule has 21 heavy (non-hydrogen) atoms. The Kier molecular flexibility index (Phi) is 3.50. The lowest BCUT2D eigenvalue weighted by Gasteiger charge is -2.04. The molecule has 0 saturated carbocycles. The Balaban J connectivity index is 2.12. The number of halogens is 1. The van der Waals surface area contributed by atoms with Crippen molar-refractivity contribution in [3.63, 3.8) is 0 Å². The Morgan fingerprint density at radius 3 is 2.90 bits per heavy atom. The highest BCUT2D eigenvalue weighted by atomic mass is 35.5. The van der Waals surface area contributed by atoms with Crippen LogP contribution < -0.4 is 0 Å². The van der Waals surface area contributed by atoms with Crippen LogP contribution in [0, 0.1) is 0 Å². The van der Waals surface area contributed by atoms with Crippen LogP contribution in [0.5, 0.6) is 0 Å². The molecule has 11 heteroatoms. The van der Waals surface area contributed by atoms with Crippen molar-refractivity contribution >= 4 is 24.8 Å². The van der Waals surface area contributed by atoms with Crippen LogP contribution in [0.15, 0.2) is 18.3 Å². The Morgan fingerprint density at radius 1 is 1.43 bits per heavy atom. The maximum absolute atomic E-state index is 11.3. The molecule has 0 amide bonds. The summed E-state index contributed by atoms with van der Waals surface area (Å²) >= 11 is 5.91. The van der Waals surface area contributed by atoms with Gasteiger partial charge in [0.15, 0.2) is 5.82 Å². The van der Waals surface area contributed by atoms with Crippen molar-refractivity contribution in [2.45, 2.75) is 12.6 Å². The molecule has 3 N–H and O–H groups in total. The molecule has 0 aliphatic heterocycles. The molecule has 9 nitrogen and oxygen atoms in total. The van der Waals surface area contributed by atoms with Crippen LogP contribution in [0.2, 0.25) is 5.02 Å². The van der Waals surface area contributed by atoms with Gasteiger partial charge in [0, 0.05) is 17.3 Å². The van der Waals surface area contributed by atoms with E-state index in [0.717, 1.165) is 0 Å². The molecule has 3 rings (SSSR count). The largest absolute Gasteiger partial charge is 0.331 e. The third-order valence-electron chi connectivity index (χ3n) is 2.84. The number of imidazole rings is 1. The number of nitrogens with one attached hydrogen (secondary N) is 1. The molecule has 0 aliphatic rings. The third kappa shape index (κ3) is 3.11. The minimum Gasteiger partial charge on any atom is -0.324 e. The fourth-order valence-electron chi connectivity index (χ4n) is 2.04. The predicted octanol–water partition coefficient (Wildman–Crippen LogP) is 0.769. The molecule has 3 aromatic rings. The van der Waals surface area contributed by atoms with Crippen molar-refractivity contribution in [2.75, 3.05) is 0 Å². The monoisotopic (exact) mass is 328 g/mol. The molecule has 0 saturated heterocycles. The number of aromatic nitrogens is 6. The molecule has 0 atom stereocenters. The number of rotatable bonds is 4. The van der Waals surface area contributed by atoms with E-state index in [4.69, 9.17) is 11.6 Å². The molecule has 3 heterocycles.